The van der Waals surface area contributed by atoms with Crippen LogP contribution in [0, 0.1) is 0 Å². The molecule has 10 aromatic carbocycles. The molecule has 5 N–H and O–H groups in total. The fourth-order valence-corrected chi connectivity index (χ4v) is 14.9. The minimum absolute atomic E-state index is 0.358. The Balaban J connectivity index is 0.000000138. The standard InChI is InChI=1S/C21H17FN2O.C19H16FN3O.C16H14BFNO3.C16H13BrFNO.C16H15Cl2FN2O2.C14H14Cl2FN3O2/c22-13-19-20(25-21(24-19)17-5-2-1-3-6-17)16-10-8-15(9-11-16)18-7-4-12-23-14-18;20-12-17-18(24-19(22-17)15-4-2-1-3-5-15)14-6-8-16(9-7-14)23-11-10-21-13-23;18-10-14-15(11-6-8-13(9-7-11)22-17-20)21-16(19-14)12-4-2-1-3-5-12;17-13-8-6-11(7-9-13)15-14(10-18)19-16(20-15)12-4-2-1-3-5-12;17-15(18)16(23)21-13(8-19)14(22)11-5-3-10(4-6-11)12-2-1-7-20-9-12;15-13(16)14(22)19-11(7-17)12(21)9-1-3-10(4-2-9)20-6-5-18-8-20/h1-12,14,19-20H,13H2;1-11,13,17-18H,12H2;1-9,14-15,20H,10H2;1-9,14-15H,10H2;1-7,9,13-15,22H,8H2,(H,21,23);1-6,8,11-13,21H,7H2,(H,19,22)/t19-,20-;17-,18-;2*14-,15-;13-,14-;11-,12-/m111111/s1. The molecule has 4 aromatic heterocycles. The van der Waals surface area contributed by atoms with Crippen LogP contribution in [0.3, 0.4) is 0 Å². The molecular formula is C102H89BBrCl4F6N12O10. The number of imidazole rings is 2. The molecule has 0 saturated heterocycles. The molecule has 14 aromatic rings. The van der Waals surface area contributed by atoms with Crippen molar-refractivity contribution in [3.63, 3.8) is 0 Å². The van der Waals surface area contributed by atoms with Gasteiger partial charge in [-0.1, -0.05) is 244 Å². The highest BCUT2D eigenvalue weighted by Gasteiger charge is 2.38. The van der Waals surface area contributed by atoms with Crippen LogP contribution in [0.25, 0.3) is 33.6 Å². The lowest BCUT2D eigenvalue weighted by Gasteiger charge is -2.22. The molecular weight excluding hydrogens is 1900 g/mol. The average molecular weight is 1990 g/mol. The minimum Gasteiger partial charge on any atom is -0.537 e. The third-order valence-electron chi connectivity index (χ3n) is 21.5. The first-order valence-corrected chi connectivity index (χ1v) is 45.1. The topological polar surface area (TPSA) is 276 Å². The molecule has 1 radical (unpaired) electrons. The van der Waals surface area contributed by atoms with Crippen LogP contribution in [0.15, 0.2) is 378 Å². The number of benzene rings is 10. The van der Waals surface area contributed by atoms with Gasteiger partial charge in [-0.3, -0.25) is 19.6 Å². The zero-order valence-electron chi connectivity index (χ0n) is 72.2. The first kappa shape index (κ1) is 100. The molecule has 4 aliphatic rings. The predicted octanol–water partition coefficient (Wildman–Crippen LogP) is 20.3. The van der Waals surface area contributed by atoms with Crippen LogP contribution < -0.4 is 15.3 Å². The molecule has 0 bridgehead atoms. The highest BCUT2D eigenvalue weighted by molar-refractivity contribution is 9.10. The molecule has 136 heavy (non-hydrogen) atoms. The monoisotopic (exact) mass is 1990 g/mol. The first-order valence-electron chi connectivity index (χ1n) is 42.6. The molecule has 2 amide bonds. The molecule has 12 atom stereocenters. The number of halogens is 11. The molecule has 0 fully saturated rings. The third kappa shape index (κ3) is 27.3. The van der Waals surface area contributed by atoms with Gasteiger partial charge < -0.3 is 58.6 Å². The third-order valence-corrected chi connectivity index (χ3v) is 22.8. The first-order chi connectivity index (χ1) is 66.3. The second-order valence-corrected chi connectivity index (χ2v) is 33.6. The number of nitrogens with one attached hydrogen (secondary N) is 2. The number of aliphatic imine (C=N–C) groups is 4. The van der Waals surface area contributed by atoms with E-state index in [4.69, 9.17) is 75.0 Å². The number of aliphatic hydroxyl groups excluding tert-OH is 2. The number of carbonyl (C=O) groups is 2. The molecule has 697 valence electrons. The predicted molar refractivity (Wildman–Crippen MR) is 519 cm³/mol. The second-order valence-electron chi connectivity index (χ2n) is 30.5. The fourth-order valence-electron chi connectivity index (χ4n) is 14.4. The van der Waals surface area contributed by atoms with Crippen LogP contribution >= 0.6 is 62.3 Å². The number of hydrogen-bond acceptors (Lipinski definition) is 18. The van der Waals surface area contributed by atoms with Crippen LogP contribution in [0.2, 0.25) is 0 Å². The maximum Gasteiger partial charge on any atom is 0.569 e. The largest absolute Gasteiger partial charge is 0.569 e. The van der Waals surface area contributed by atoms with Crippen molar-refractivity contribution in [2.24, 2.45) is 20.0 Å². The number of carbonyl (C=O) groups excluding carboxylic acids is 2. The van der Waals surface area contributed by atoms with Crippen molar-refractivity contribution < 1.29 is 74.8 Å². The van der Waals surface area contributed by atoms with Gasteiger partial charge in [0, 0.05) is 87.7 Å². The summed E-state index contributed by atoms with van der Waals surface area (Å²) in [6.07, 6.45) is 13.3. The summed E-state index contributed by atoms with van der Waals surface area (Å²) in [5.74, 6) is 0.970. The summed E-state index contributed by atoms with van der Waals surface area (Å²) in [7, 11) is 0.613. The van der Waals surface area contributed by atoms with Gasteiger partial charge in [-0.15, -0.1) is 0 Å². The summed E-state index contributed by atoms with van der Waals surface area (Å²) >= 11 is 25.0. The number of nitrogens with zero attached hydrogens (tertiary/aromatic N) is 10. The Morgan fingerprint density at radius 1 is 0.375 bits per heavy atom. The van der Waals surface area contributed by atoms with Crippen LogP contribution in [-0.2, 0) is 28.5 Å². The Morgan fingerprint density at radius 2 is 0.669 bits per heavy atom. The van der Waals surface area contributed by atoms with E-state index in [1.807, 2.05) is 235 Å². The molecule has 34 heteroatoms. The van der Waals surface area contributed by atoms with Crippen molar-refractivity contribution in [2.75, 3.05) is 40.0 Å². The van der Waals surface area contributed by atoms with Gasteiger partial charge in [-0.05, 0) is 165 Å². The zero-order chi connectivity index (χ0) is 95.7. The SMILES string of the molecule is FC[C@H]1N=C(c2ccccc2)O[C@@H]1c1ccc(-c2cccnc2)cc1.FC[C@H]1N=C(c2ccccc2)O[C@@H]1c1ccc(-n2ccnc2)cc1.FC[C@H]1N=C(c2ccccc2)O[C@@H]1c1ccc(Br)cc1.O=C(N[C@H](CF)[C@H](O)c1ccc(-c2cccnc2)cc1)C(Cl)Cl.O=C(N[C@H](CF)[C@H](O)c1ccc(-n2ccnc2)cc1)C(Cl)Cl.O[B]Oc1ccc([C@H]2OC(c3ccccc3)=N[C@@H]2CF)cc1. The summed E-state index contributed by atoms with van der Waals surface area (Å²) in [5.41, 5.74) is 13.8. The van der Waals surface area contributed by atoms with Crippen LogP contribution in [0.5, 0.6) is 5.75 Å². The summed E-state index contributed by atoms with van der Waals surface area (Å²) in [5, 5.41) is 33.5. The zero-order valence-corrected chi connectivity index (χ0v) is 76.8. The van der Waals surface area contributed by atoms with E-state index in [0.29, 0.717) is 48.2 Å². The van der Waals surface area contributed by atoms with Gasteiger partial charge in [0.2, 0.25) is 23.6 Å². The Hall–Kier alpha value is -13.3. The van der Waals surface area contributed by atoms with Gasteiger partial charge in [0.05, 0.1) is 30.5 Å². The van der Waals surface area contributed by atoms with Crippen LogP contribution in [-0.4, -0.2) is 173 Å². The maximum absolute atomic E-state index is 13.5. The number of aliphatic hydroxyl groups is 2. The minimum atomic E-state index is -1.32. The number of hydrogen-bond donors (Lipinski definition) is 5. The van der Waals surface area contributed by atoms with E-state index >= 15 is 0 Å². The normalized spacial score (nSPS) is 18.0. The molecule has 0 unspecified atom stereocenters. The van der Waals surface area contributed by atoms with Crippen molar-refractivity contribution in [2.45, 2.75) is 82.5 Å². The van der Waals surface area contributed by atoms with E-state index in [1.165, 1.54) is 0 Å². The van der Waals surface area contributed by atoms with Gasteiger partial charge in [-0.25, -0.2) is 56.3 Å². The van der Waals surface area contributed by atoms with Crippen LogP contribution in [0.4, 0.5) is 26.3 Å². The summed E-state index contributed by atoms with van der Waals surface area (Å²) in [6.45, 7) is -4.12. The van der Waals surface area contributed by atoms with E-state index in [9.17, 15) is 46.1 Å². The lowest BCUT2D eigenvalue weighted by molar-refractivity contribution is -0.122. The van der Waals surface area contributed by atoms with E-state index < -0.39 is 128 Å². The van der Waals surface area contributed by atoms with Gasteiger partial charge in [0.1, 0.15) is 76.4 Å². The summed E-state index contributed by atoms with van der Waals surface area (Å²) in [4.78, 5) is 53.9. The molecule has 0 saturated carbocycles. The Kier molecular flexibility index (Phi) is 37.5. The smallest absolute Gasteiger partial charge is 0.537 e. The Labute approximate surface area is 809 Å². The van der Waals surface area contributed by atoms with E-state index in [-0.39, 0.29) is 6.10 Å². The molecule has 8 heterocycles. The van der Waals surface area contributed by atoms with E-state index in [1.54, 1.807) is 127 Å². The van der Waals surface area contributed by atoms with Crippen molar-refractivity contribution in [1.82, 2.24) is 39.7 Å². The number of ether oxygens (including phenoxy) is 4. The van der Waals surface area contributed by atoms with Crippen molar-refractivity contribution >= 4 is 105 Å². The number of pyridine rings is 2. The second kappa shape index (κ2) is 50.9. The Morgan fingerprint density at radius 3 is 0.956 bits per heavy atom. The lowest BCUT2D eigenvalue weighted by Crippen LogP contribution is -2.43. The van der Waals surface area contributed by atoms with Gasteiger partial charge in [0.15, 0.2) is 34.1 Å². The number of amides is 2. The Bertz CT molecular complexity index is 6140. The fraction of sp³-hybridized carbons (Fsp3) is 0.196. The number of aromatic nitrogens is 6. The lowest BCUT2D eigenvalue weighted by atomic mass is 9.99. The summed E-state index contributed by atoms with van der Waals surface area (Å²) < 4.78 is 113. The number of alkyl halides is 10. The molecule has 0 spiro atoms. The molecule has 4 aliphatic heterocycles. The number of rotatable bonds is 28. The van der Waals surface area contributed by atoms with Crippen molar-refractivity contribution in [3.8, 4) is 39.4 Å². The quantitative estimate of drug-likeness (QED) is 0.0173. The maximum atomic E-state index is 13.5. The van der Waals surface area contributed by atoms with Gasteiger partial charge in [-0.2, -0.15) is 0 Å². The highest BCUT2D eigenvalue weighted by atomic mass is 79.9. The van der Waals surface area contributed by atoms with E-state index in [2.05, 4.69) is 66.5 Å². The molecule has 22 nitrogen and oxygen atoms in total. The average Bonchev–Trinajstić information content (AvgIpc) is 1.68. The van der Waals surface area contributed by atoms with Gasteiger partial charge >= 0.3 is 7.69 Å². The van der Waals surface area contributed by atoms with Gasteiger partial charge in [0.25, 0.3) is 11.8 Å². The molecule has 18 rings (SSSR count). The highest BCUT2D eigenvalue weighted by Crippen LogP contribution is 2.38. The molecule has 0 aliphatic carbocycles. The van der Waals surface area contributed by atoms with Crippen LogP contribution in [0.1, 0.15) is 92.3 Å². The van der Waals surface area contributed by atoms with Crippen molar-refractivity contribution in [3.05, 3.63) is 414 Å². The van der Waals surface area contributed by atoms with Crippen molar-refractivity contribution in [1.29, 1.82) is 0 Å². The summed E-state index contributed by atoms with van der Waals surface area (Å²) in [6, 6.07) is 85.7. The van der Waals surface area contributed by atoms with E-state index in [0.717, 1.165) is 82.6 Å².